The SMILES string of the molecule is CCOC(=O)CC(C#N)SOOO.[B]C(=O)NCC(CC(=O)OCC)SOOO. The van der Waals surface area contributed by atoms with E-state index in [0.29, 0.717) is 24.1 Å². The first-order chi connectivity index (χ1) is 13.8. The highest BCUT2D eigenvalue weighted by Gasteiger charge is 2.17. The monoisotopic (exact) mass is 456 g/mol. The molecule has 0 saturated heterocycles. The van der Waals surface area contributed by atoms with Gasteiger partial charge in [0.1, 0.15) is 5.25 Å². The van der Waals surface area contributed by atoms with Gasteiger partial charge in [-0.05, 0) is 13.8 Å². The van der Waals surface area contributed by atoms with Crippen LogP contribution in [0.4, 0.5) is 4.79 Å². The number of hydrogen-bond donors (Lipinski definition) is 3. The number of amides is 1. The van der Waals surface area contributed by atoms with Crippen LogP contribution >= 0.6 is 24.1 Å². The van der Waals surface area contributed by atoms with Crippen molar-refractivity contribution >= 4 is 49.7 Å². The summed E-state index contributed by atoms with van der Waals surface area (Å²) in [6.45, 7) is 3.95. The zero-order chi connectivity index (χ0) is 22.5. The van der Waals surface area contributed by atoms with Crippen LogP contribution in [0.25, 0.3) is 0 Å². The molecule has 13 nitrogen and oxygen atoms in total. The molecule has 0 aromatic carbocycles. The number of carbonyl (C=O) groups excluding carboxylic acids is 3. The third-order valence-electron chi connectivity index (χ3n) is 2.40. The smallest absolute Gasteiger partial charge is 0.308 e. The molecule has 0 fully saturated rings. The lowest BCUT2D eigenvalue weighted by atomic mass is 10.1. The predicted molar refractivity (Wildman–Crippen MR) is 99.6 cm³/mol. The van der Waals surface area contributed by atoms with Crippen molar-refractivity contribution in [2.45, 2.75) is 37.2 Å². The highest BCUT2D eigenvalue weighted by atomic mass is 32.2. The molecule has 1 amide bonds. The molecule has 164 valence electrons. The molecule has 0 heterocycles. The number of nitrogens with zero attached hydrogens (tertiary/aromatic N) is 1. The van der Waals surface area contributed by atoms with Crippen LogP contribution in [0.2, 0.25) is 0 Å². The molecular weight excluding hydrogens is 435 g/mol. The largest absolute Gasteiger partial charge is 0.466 e. The fourth-order valence-corrected chi connectivity index (χ4v) is 2.25. The van der Waals surface area contributed by atoms with Crippen molar-refractivity contribution in [3.8, 4) is 6.07 Å². The number of nitrogens with one attached hydrogen (secondary N) is 1. The number of hydrogen-bond acceptors (Lipinski definition) is 14. The second kappa shape index (κ2) is 21.1. The summed E-state index contributed by atoms with van der Waals surface area (Å²) in [6, 6.07) is 1.77. The van der Waals surface area contributed by atoms with Crippen molar-refractivity contribution in [3.05, 3.63) is 0 Å². The van der Waals surface area contributed by atoms with Crippen molar-refractivity contribution in [1.82, 2.24) is 5.32 Å². The third kappa shape index (κ3) is 21.0. The van der Waals surface area contributed by atoms with Crippen LogP contribution in [0.1, 0.15) is 26.7 Å². The van der Waals surface area contributed by atoms with E-state index in [-0.39, 0.29) is 32.6 Å². The summed E-state index contributed by atoms with van der Waals surface area (Å²) in [5.74, 6) is -1.67. The van der Waals surface area contributed by atoms with Gasteiger partial charge in [0.05, 0.1) is 49.4 Å². The maximum Gasteiger partial charge on any atom is 0.308 e. The van der Waals surface area contributed by atoms with E-state index in [0.717, 1.165) is 0 Å². The second-order valence-corrected chi connectivity index (χ2v) is 6.37. The van der Waals surface area contributed by atoms with Gasteiger partial charge in [-0.1, -0.05) is 10.1 Å². The summed E-state index contributed by atoms with van der Waals surface area (Å²) in [7, 11) is 4.86. The minimum atomic E-state index is -0.758. The van der Waals surface area contributed by atoms with Gasteiger partial charge in [-0.15, -0.1) is 8.67 Å². The minimum Gasteiger partial charge on any atom is -0.466 e. The molecule has 0 spiro atoms. The van der Waals surface area contributed by atoms with E-state index in [1.165, 1.54) is 0 Å². The van der Waals surface area contributed by atoms with E-state index in [4.69, 9.17) is 28.4 Å². The molecule has 0 aliphatic carbocycles. The van der Waals surface area contributed by atoms with Gasteiger partial charge in [-0.3, -0.25) is 14.4 Å². The van der Waals surface area contributed by atoms with Gasteiger partial charge in [0.2, 0.25) is 0 Å². The van der Waals surface area contributed by atoms with Crippen molar-refractivity contribution in [3.63, 3.8) is 0 Å². The molecular formula is C13H21BN2O11S2. The summed E-state index contributed by atoms with van der Waals surface area (Å²) in [4.78, 5) is 32.4. The molecule has 29 heavy (non-hydrogen) atoms. The Morgan fingerprint density at radius 3 is 2.00 bits per heavy atom. The fraction of sp³-hybridized carbons (Fsp3) is 0.692. The van der Waals surface area contributed by atoms with Crippen molar-refractivity contribution in [1.29, 1.82) is 5.26 Å². The predicted octanol–water partition coefficient (Wildman–Crippen LogP) is 1.16. The lowest BCUT2D eigenvalue weighted by molar-refractivity contribution is -0.432. The highest BCUT2D eigenvalue weighted by molar-refractivity contribution is 7.95. The standard InChI is InChI=1S/C7H12BNO6S.C6H9NO5S/c1-2-13-6(10)3-5(16-15-14-12)4-9-7(8)11;1-2-10-6(8)3-5(4-7)13-12-11-9/h5,12H,2-4H2,1H3,(H,9,11);5,9H,2-3H2,1H3. The Labute approximate surface area is 176 Å². The van der Waals surface area contributed by atoms with Crippen LogP contribution in [0.15, 0.2) is 0 Å². The Morgan fingerprint density at radius 2 is 1.55 bits per heavy atom. The van der Waals surface area contributed by atoms with E-state index in [1.54, 1.807) is 19.9 Å². The molecule has 0 aromatic heterocycles. The van der Waals surface area contributed by atoms with E-state index in [9.17, 15) is 14.4 Å². The minimum absolute atomic E-state index is 0.0118. The molecule has 0 aromatic rings. The maximum atomic E-state index is 11.1. The molecule has 0 aliphatic rings. The summed E-state index contributed by atoms with van der Waals surface area (Å²) in [5, 5.41) is 31.9. The van der Waals surface area contributed by atoms with Gasteiger partial charge >= 0.3 is 11.9 Å². The summed E-state index contributed by atoms with van der Waals surface area (Å²) < 4.78 is 17.5. The average molecular weight is 456 g/mol. The Hall–Kier alpha value is -1.58. The number of ether oxygens (including phenoxy) is 2. The molecule has 3 N–H and O–H groups in total. The molecule has 0 rings (SSSR count). The zero-order valence-electron chi connectivity index (χ0n) is 15.6. The quantitative estimate of drug-likeness (QED) is 0.111. The van der Waals surface area contributed by atoms with E-state index in [1.807, 2.05) is 0 Å². The molecule has 2 radical (unpaired) electrons. The number of nitriles is 1. The Bertz CT molecular complexity index is 510. The van der Waals surface area contributed by atoms with Gasteiger partial charge in [0.25, 0.3) is 0 Å². The van der Waals surface area contributed by atoms with Gasteiger partial charge in [-0.2, -0.15) is 5.26 Å². The molecule has 16 heteroatoms. The van der Waals surface area contributed by atoms with Gasteiger partial charge < -0.3 is 14.8 Å². The molecule has 2 atom stereocenters. The van der Waals surface area contributed by atoms with Crippen LogP contribution < -0.4 is 5.32 Å². The molecule has 0 saturated carbocycles. The number of carbonyl (C=O) groups is 3. The van der Waals surface area contributed by atoms with Gasteiger partial charge in [0, 0.05) is 18.6 Å². The first-order valence-corrected chi connectivity index (χ1v) is 9.46. The normalized spacial score (nSPS) is 11.8. The summed E-state index contributed by atoms with van der Waals surface area (Å²) >= 11 is 1.22. The molecule has 0 aliphatic heterocycles. The Kier molecular flexibility index (Phi) is 21.6. The Morgan fingerprint density at radius 1 is 1.03 bits per heavy atom. The number of esters is 2. The van der Waals surface area contributed by atoms with E-state index in [2.05, 4.69) is 28.8 Å². The third-order valence-corrected chi connectivity index (χ3v) is 3.79. The van der Waals surface area contributed by atoms with Crippen LogP contribution in [-0.2, 0) is 37.8 Å². The van der Waals surface area contributed by atoms with Crippen LogP contribution in [0.5, 0.6) is 0 Å². The Balaban J connectivity index is 0. The van der Waals surface area contributed by atoms with Crippen LogP contribution in [-0.4, -0.2) is 66.4 Å². The van der Waals surface area contributed by atoms with Gasteiger partial charge in [-0.25, -0.2) is 10.5 Å². The summed E-state index contributed by atoms with van der Waals surface area (Å²) in [6.07, 6.45) is -0.124. The average Bonchev–Trinajstić information content (AvgIpc) is 2.68. The topological polar surface area (TPSA) is 183 Å². The van der Waals surface area contributed by atoms with Crippen molar-refractivity contribution in [2.24, 2.45) is 0 Å². The van der Waals surface area contributed by atoms with Crippen molar-refractivity contribution in [2.75, 3.05) is 19.8 Å². The maximum absolute atomic E-state index is 11.1. The lowest BCUT2D eigenvalue weighted by Gasteiger charge is -2.13. The van der Waals surface area contributed by atoms with E-state index < -0.39 is 28.2 Å². The van der Waals surface area contributed by atoms with Crippen molar-refractivity contribution < 1.29 is 53.1 Å². The van der Waals surface area contributed by atoms with E-state index >= 15 is 0 Å². The van der Waals surface area contributed by atoms with Gasteiger partial charge in [0.15, 0.2) is 13.7 Å². The van der Waals surface area contributed by atoms with Crippen LogP contribution in [0.3, 0.4) is 0 Å². The molecule has 2 unspecified atom stereocenters. The fourth-order valence-electron chi connectivity index (χ4n) is 1.37. The first kappa shape index (κ1) is 29.6. The number of rotatable bonds is 14. The lowest BCUT2D eigenvalue weighted by Crippen LogP contribution is -2.31. The summed E-state index contributed by atoms with van der Waals surface area (Å²) in [5.41, 5.74) is 0. The molecule has 0 bridgehead atoms. The van der Waals surface area contributed by atoms with Crippen LogP contribution in [0, 0.1) is 11.3 Å². The highest BCUT2D eigenvalue weighted by Crippen LogP contribution is 2.16. The zero-order valence-corrected chi connectivity index (χ0v) is 17.2. The second-order valence-electron chi connectivity index (χ2n) is 4.48. The first-order valence-electron chi connectivity index (χ1n) is 7.85.